The summed E-state index contributed by atoms with van der Waals surface area (Å²) in [5, 5.41) is 11.8. The molecule has 0 amide bonds. The predicted octanol–water partition coefficient (Wildman–Crippen LogP) is 20.9. The van der Waals surface area contributed by atoms with Crippen LogP contribution in [0.2, 0.25) is 0 Å². The minimum atomic E-state index is -1.63. The van der Waals surface area contributed by atoms with Crippen LogP contribution in [-0.2, 0) is 33.3 Å². The SMILES string of the molecule is CC/C=C\C/C=C\C/C=C\C/C=C\C/C=C\C/C=C\C/C=C\CCCCCCCCCCCC(=O)OC(COC(=O)CCCCCCCCCCCCCCCCCCCCCCCCCCCCCCC)COC(OCC[N+](C)(C)C)C(=O)[O-]. The highest BCUT2D eigenvalue weighted by molar-refractivity contribution is 5.70. The van der Waals surface area contributed by atoms with Crippen molar-refractivity contribution in [1.29, 1.82) is 0 Å². The summed E-state index contributed by atoms with van der Waals surface area (Å²) in [6, 6.07) is 0. The van der Waals surface area contributed by atoms with Crippen molar-refractivity contribution in [2.45, 2.75) is 334 Å². The van der Waals surface area contributed by atoms with Gasteiger partial charge in [-0.1, -0.05) is 324 Å². The zero-order valence-corrected chi connectivity index (χ0v) is 56.2. The lowest BCUT2D eigenvalue weighted by Crippen LogP contribution is -2.44. The highest BCUT2D eigenvalue weighted by atomic mass is 16.7. The first-order valence-electron chi connectivity index (χ1n) is 35.7. The number of likely N-dealkylation sites (N-methyl/N-ethyl adjacent to an activating group) is 1. The van der Waals surface area contributed by atoms with Crippen LogP contribution in [0.4, 0.5) is 0 Å². The second-order valence-corrected chi connectivity index (χ2v) is 25.2. The first-order valence-corrected chi connectivity index (χ1v) is 35.7. The van der Waals surface area contributed by atoms with E-state index in [9.17, 15) is 19.5 Å². The summed E-state index contributed by atoms with van der Waals surface area (Å²) in [6.45, 7) is 4.67. The summed E-state index contributed by atoms with van der Waals surface area (Å²) in [4.78, 5) is 37.5. The van der Waals surface area contributed by atoms with E-state index in [-0.39, 0.29) is 32.2 Å². The van der Waals surface area contributed by atoms with Gasteiger partial charge in [0.25, 0.3) is 0 Å². The topological polar surface area (TPSA) is 111 Å². The average molecular weight is 1190 g/mol. The van der Waals surface area contributed by atoms with Crippen LogP contribution in [0, 0.1) is 0 Å². The van der Waals surface area contributed by atoms with Gasteiger partial charge in [0.15, 0.2) is 12.4 Å². The van der Waals surface area contributed by atoms with Gasteiger partial charge in [0, 0.05) is 12.8 Å². The number of allylic oxidation sites excluding steroid dienone is 14. The second-order valence-electron chi connectivity index (χ2n) is 25.2. The molecule has 0 aliphatic rings. The number of carbonyl (C=O) groups excluding carboxylic acids is 3. The minimum absolute atomic E-state index is 0.145. The van der Waals surface area contributed by atoms with E-state index >= 15 is 0 Å². The van der Waals surface area contributed by atoms with Crippen molar-refractivity contribution in [2.24, 2.45) is 0 Å². The van der Waals surface area contributed by atoms with Crippen LogP contribution in [0.1, 0.15) is 322 Å². The number of unbranched alkanes of at least 4 members (excludes halogenated alkanes) is 37. The third kappa shape index (κ3) is 67.8. The van der Waals surface area contributed by atoms with Gasteiger partial charge in [-0.3, -0.25) is 9.59 Å². The number of carboxylic acids is 1. The van der Waals surface area contributed by atoms with Crippen molar-refractivity contribution in [3.63, 3.8) is 0 Å². The molecule has 2 atom stereocenters. The lowest BCUT2D eigenvalue weighted by Gasteiger charge is -2.26. The van der Waals surface area contributed by atoms with Gasteiger partial charge in [-0.25, -0.2) is 0 Å². The molecule has 0 aromatic rings. The van der Waals surface area contributed by atoms with Crippen LogP contribution in [0.5, 0.6) is 0 Å². The van der Waals surface area contributed by atoms with Crippen LogP contribution in [0.3, 0.4) is 0 Å². The van der Waals surface area contributed by atoms with Gasteiger partial charge in [0.1, 0.15) is 13.2 Å². The standard InChI is InChI=1S/C76H135NO8/c1-6-8-10-12-14-16-18-20-22-24-26-28-30-32-34-36-37-39-41-43-45-47-49-51-53-55-57-59-61-63-65-67-74(79)85-72(71-84-76(75(80)81)82-69-68-77(3,4)5)70-83-73(78)66-64-62-60-58-56-54-52-50-48-46-44-42-40-38-35-33-31-29-27-25-23-21-19-17-15-13-11-9-7-2/h8,10,14,16,20,22,26,28,32,34,37,39,43,45,72,76H,6-7,9,11-13,15,17-19,21,23-25,27,29-31,33,35-36,38,40-42,44,46-71H2,1-5H3/b10-8-,16-14-,22-20-,28-26-,34-32-,39-37-,45-43-. The fraction of sp³-hybridized carbons (Fsp3) is 0.776. The molecule has 2 unspecified atom stereocenters. The van der Waals surface area contributed by atoms with Crippen LogP contribution >= 0.6 is 0 Å². The Kier molecular flexibility index (Phi) is 63.7. The van der Waals surface area contributed by atoms with Gasteiger partial charge < -0.3 is 33.3 Å². The van der Waals surface area contributed by atoms with Gasteiger partial charge in [-0.15, -0.1) is 0 Å². The van der Waals surface area contributed by atoms with Crippen molar-refractivity contribution in [1.82, 2.24) is 0 Å². The molecule has 0 heterocycles. The fourth-order valence-corrected chi connectivity index (χ4v) is 10.2. The molecule has 9 nitrogen and oxygen atoms in total. The summed E-state index contributed by atoms with van der Waals surface area (Å²) in [5.41, 5.74) is 0. The number of hydrogen-bond acceptors (Lipinski definition) is 8. The van der Waals surface area contributed by atoms with E-state index < -0.39 is 24.3 Å². The molecule has 0 radical (unpaired) electrons. The third-order valence-corrected chi connectivity index (χ3v) is 15.7. The number of quaternary nitrogens is 1. The van der Waals surface area contributed by atoms with Gasteiger partial charge in [-0.05, 0) is 70.6 Å². The van der Waals surface area contributed by atoms with E-state index in [2.05, 4.69) is 98.9 Å². The highest BCUT2D eigenvalue weighted by Gasteiger charge is 2.22. The molecule has 9 heteroatoms. The molecule has 0 N–H and O–H groups in total. The average Bonchev–Trinajstić information content (AvgIpc) is 3.49. The number of ether oxygens (including phenoxy) is 4. The Morgan fingerprint density at radius 2 is 0.671 bits per heavy atom. The molecule has 0 aromatic heterocycles. The molecule has 0 fully saturated rings. The first-order chi connectivity index (χ1) is 41.6. The molecule has 0 saturated heterocycles. The summed E-state index contributed by atoms with van der Waals surface area (Å²) in [5.74, 6) is -2.28. The maximum atomic E-state index is 12.9. The van der Waals surface area contributed by atoms with Gasteiger partial charge in [-0.2, -0.15) is 0 Å². The van der Waals surface area contributed by atoms with E-state index in [0.29, 0.717) is 23.9 Å². The number of carboxylic acid groups (broad SMARTS) is 1. The van der Waals surface area contributed by atoms with Crippen LogP contribution < -0.4 is 5.11 Å². The second kappa shape index (κ2) is 66.4. The number of esters is 2. The van der Waals surface area contributed by atoms with E-state index in [1.165, 1.54) is 199 Å². The van der Waals surface area contributed by atoms with E-state index in [0.717, 1.165) is 89.9 Å². The molecule has 0 rings (SSSR count). The Balaban J connectivity index is 4.12. The smallest absolute Gasteiger partial charge is 0.306 e. The predicted molar refractivity (Wildman–Crippen MR) is 361 cm³/mol. The Labute approximate surface area is 525 Å². The molecule has 0 aliphatic carbocycles. The van der Waals surface area contributed by atoms with Crippen molar-refractivity contribution in [2.75, 3.05) is 47.5 Å². The van der Waals surface area contributed by atoms with E-state index in [1.54, 1.807) is 0 Å². The number of nitrogens with zero attached hydrogens (tertiary/aromatic N) is 1. The summed E-state index contributed by atoms with van der Waals surface area (Å²) in [6.07, 6.45) is 86.7. The summed E-state index contributed by atoms with van der Waals surface area (Å²) in [7, 11) is 5.93. The Morgan fingerprint density at radius 3 is 1.00 bits per heavy atom. The van der Waals surface area contributed by atoms with Gasteiger partial charge >= 0.3 is 11.9 Å². The van der Waals surface area contributed by atoms with Crippen molar-refractivity contribution < 1.29 is 42.9 Å². The maximum Gasteiger partial charge on any atom is 0.306 e. The highest BCUT2D eigenvalue weighted by Crippen LogP contribution is 2.18. The minimum Gasteiger partial charge on any atom is -0.545 e. The Bertz CT molecular complexity index is 1670. The van der Waals surface area contributed by atoms with E-state index in [4.69, 9.17) is 18.9 Å². The molecule has 0 saturated carbocycles. The Hall–Kier alpha value is -3.53. The Morgan fingerprint density at radius 1 is 0.365 bits per heavy atom. The van der Waals surface area contributed by atoms with Crippen molar-refractivity contribution in [3.05, 3.63) is 85.1 Å². The lowest BCUT2D eigenvalue weighted by atomic mass is 10.0. The monoisotopic (exact) mass is 1190 g/mol. The first kappa shape index (κ1) is 81.5. The number of rotatable bonds is 66. The normalized spacial score (nSPS) is 13.2. The molecule has 492 valence electrons. The zero-order valence-electron chi connectivity index (χ0n) is 56.2. The zero-order chi connectivity index (χ0) is 61.9. The summed E-state index contributed by atoms with van der Waals surface area (Å²) < 4.78 is 22.8. The molecule has 85 heavy (non-hydrogen) atoms. The van der Waals surface area contributed by atoms with Gasteiger partial charge in [0.2, 0.25) is 0 Å². The molecule has 0 bridgehead atoms. The van der Waals surface area contributed by atoms with Crippen LogP contribution in [-0.4, -0.2) is 82.3 Å². The van der Waals surface area contributed by atoms with E-state index in [1.807, 2.05) is 21.1 Å². The van der Waals surface area contributed by atoms with Gasteiger partial charge in [0.05, 0.1) is 40.3 Å². The third-order valence-electron chi connectivity index (χ3n) is 15.7. The number of carbonyl (C=O) groups is 3. The lowest BCUT2D eigenvalue weighted by molar-refractivity contribution is -0.870. The molecular weight excluding hydrogens is 1050 g/mol. The van der Waals surface area contributed by atoms with Crippen LogP contribution in [0.25, 0.3) is 0 Å². The number of aliphatic carboxylic acids is 1. The van der Waals surface area contributed by atoms with Crippen LogP contribution in [0.15, 0.2) is 85.1 Å². The maximum absolute atomic E-state index is 12.9. The molecule has 0 aromatic carbocycles. The van der Waals surface area contributed by atoms with Crippen molar-refractivity contribution >= 4 is 17.9 Å². The summed E-state index contributed by atoms with van der Waals surface area (Å²) >= 11 is 0. The molecule has 0 aliphatic heterocycles. The molecule has 0 spiro atoms. The van der Waals surface area contributed by atoms with Crippen molar-refractivity contribution in [3.8, 4) is 0 Å². The number of hydrogen-bond donors (Lipinski definition) is 0. The molecular formula is C76H135NO8. The largest absolute Gasteiger partial charge is 0.545 e. The fourth-order valence-electron chi connectivity index (χ4n) is 10.2. The quantitative estimate of drug-likeness (QED) is 0.0195.